The quantitative estimate of drug-likeness (QED) is 0.567. The molecule has 0 saturated heterocycles. The monoisotopic (exact) mass is 362 g/mol. The Morgan fingerprint density at radius 2 is 2.00 bits per heavy atom. The van der Waals surface area contributed by atoms with Gasteiger partial charge in [-0.15, -0.1) is 0 Å². The Hall–Kier alpha value is -2.83. The van der Waals surface area contributed by atoms with E-state index in [2.05, 4.69) is 0 Å². The molecular weight excluding hydrogens is 340 g/mol. The maximum absolute atomic E-state index is 12.0. The maximum Gasteiger partial charge on any atom is 0.339 e. The van der Waals surface area contributed by atoms with Crippen LogP contribution in [0.15, 0.2) is 11.6 Å². The normalized spacial score (nSPS) is 14.6. The summed E-state index contributed by atoms with van der Waals surface area (Å²) in [5.41, 5.74) is 2.39. The van der Waals surface area contributed by atoms with Crippen LogP contribution in [0.2, 0.25) is 0 Å². The minimum atomic E-state index is -1.22. The van der Waals surface area contributed by atoms with Gasteiger partial charge in [0.15, 0.2) is 0 Å². The summed E-state index contributed by atoms with van der Waals surface area (Å²) in [5.74, 6) is -2.89. The number of carbonyl (C=O) groups excluding carboxylic acids is 1. The second-order valence-electron chi connectivity index (χ2n) is 6.44. The van der Waals surface area contributed by atoms with Gasteiger partial charge in [-0.3, -0.25) is 4.79 Å². The van der Waals surface area contributed by atoms with Crippen LogP contribution in [0, 0.1) is 12.8 Å². The summed E-state index contributed by atoms with van der Waals surface area (Å²) >= 11 is 0. The third-order valence-electron chi connectivity index (χ3n) is 4.59. The van der Waals surface area contributed by atoms with Crippen LogP contribution in [0.1, 0.15) is 57.7 Å². The molecular formula is C19H22O7. The van der Waals surface area contributed by atoms with Crippen molar-refractivity contribution in [1.29, 1.82) is 0 Å². The van der Waals surface area contributed by atoms with Crippen LogP contribution in [-0.2, 0) is 22.6 Å². The van der Waals surface area contributed by atoms with E-state index in [1.165, 1.54) is 7.11 Å². The second-order valence-corrected chi connectivity index (χ2v) is 6.44. The molecule has 2 rings (SSSR count). The van der Waals surface area contributed by atoms with Crippen molar-refractivity contribution in [3.8, 4) is 5.75 Å². The molecule has 1 aliphatic heterocycles. The lowest BCUT2D eigenvalue weighted by Crippen LogP contribution is -2.14. The van der Waals surface area contributed by atoms with Crippen LogP contribution in [-0.4, -0.2) is 35.2 Å². The first kappa shape index (κ1) is 19.5. The molecule has 0 fully saturated rings. The standard InChI is InChI=1S/C19H22O7/c1-9(7-10(2)17(20)21)5-6-12-14(18(22)23)15-13(8-26-19(15)24)11(3)16(12)25-4/h5,10H,6-8H2,1-4H3,(H,20,21)(H,22,23)/t10-/m0/s1. The Morgan fingerprint density at radius 1 is 1.35 bits per heavy atom. The summed E-state index contributed by atoms with van der Waals surface area (Å²) in [6, 6.07) is 0. The van der Waals surface area contributed by atoms with E-state index in [9.17, 15) is 19.5 Å². The molecule has 1 aliphatic rings. The van der Waals surface area contributed by atoms with Crippen molar-refractivity contribution in [1.82, 2.24) is 0 Å². The van der Waals surface area contributed by atoms with Crippen LogP contribution in [0.4, 0.5) is 0 Å². The van der Waals surface area contributed by atoms with E-state index in [4.69, 9.17) is 14.6 Å². The van der Waals surface area contributed by atoms with E-state index in [1.54, 1.807) is 26.8 Å². The van der Waals surface area contributed by atoms with Gasteiger partial charge in [0.05, 0.1) is 24.2 Å². The summed E-state index contributed by atoms with van der Waals surface area (Å²) in [5, 5.41) is 18.7. The first-order valence-electron chi connectivity index (χ1n) is 8.20. The first-order chi connectivity index (χ1) is 12.2. The van der Waals surface area contributed by atoms with Crippen LogP contribution in [0.25, 0.3) is 0 Å². The number of benzene rings is 1. The van der Waals surface area contributed by atoms with Crippen molar-refractivity contribution in [2.45, 2.75) is 40.2 Å². The number of hydrogen-bond acceptors (Lipinski definition) is 5. The van der Waals surface area contributed by atoms with Gasteiger partial charge in [-0.1, -0.05) is 18.6 Å². The Morgan fingerprint density at radius 3 is 2.54 bits per heavy atom. The fraction of sp³-hybridized carbons (Fsp3) is 0.421. The van der Waals surface area contributed by atoms with Gasteiger partial charge in [0.1, 0.15) is 12.4 Å². The molecule has 1 atom stereocenters. The van der Waals surface area contributed by atoms with Crippen LogP contribution < -0.4 is 4.74 Å². The first-order valence-corrected chi connectivity index (χ1v) is 8.20. The van der Waals surface area contributed by atoms with E-state index in [1.807, 2.05) is 0 Å². The number of allylic oxidation sites excluding steroid dienone is 2. The molecule has 140 valence electrons. The van der Waals surface area contributed by atoms with E-state index < -0.39 is 23.8 Å². The third-order valence-corrected chi connectivity index (χ3v) is 4.59. The highest BCUT2D eigenvalue weighted by molar-refractivity contribution is 6.07. The molecule has 7 heteroatoms. The molecule has 0 bridgehead atoms. The number of rotatable bonds is 7. The summed E-state index contributed by atoms with van der Waals surface area (Å²) < 4.78 is 10.4. The van der Waals surface area contributed by atoms with E-state index in [0.29, 0.717) is 28.9 Å². The van der Waals surface area contributed by atoms with Gasteiger partial charge < -0.3 is 19.7 Å². The molecule has 1 aromatic carbocycles. The van der Waals surface area contributed by atoms with Crippen LogP contribution in [0.5, 0.6) is 5.75 Å². The van der Waals surface area contributed by atoms with E-state index in [-0.39, 0.29) is 24.2 Å². The number of carboxylic acid groups (broad SMARTS) is 2. The third kappa shape index (κ3) is 3.56. The average molecular weight is 362 g/mol. The van der Waals surface area contributed by atoms with Crippen LogP contribution in [0.3, 0.4) is 0 Å². The number of aromatic carboxylic acids is 1. The number of ether oxygens (including phenoxy) is 2. The molecule has 0 spiro atoms. The predicted octanol–water partition coefficient (Wildman–Crippen LogP) is 2.97. The highest BCUT2D eigenvalue weighted by Crippen LogP contribution is 2.38. The molecule has 1 aromatic rings. The Kier molecular flexibility index (Phi) is 5.69. The Bertz CT molecular complexity index is 805. The van der Waals surface area contributed by atoms with Gasteiger partial charge in [0, 0.05) is 11.1 Å². The van der Waals surface area contributed by atoms with Gasteiger partial charge >= 0.3 is 17.9 Å². The van der Waals surface area contributed by atoms with Gasteiger partial charge in [-0.05, 0) is 32.3 Å². The summed E-state index contributed by atoms with van der Waals surface area (Å²) in [6.07, 6.45) is 2.34. The highest BCUT2D eigenvalue weighted by Gasteiger charge is 2.34. The van der Waals surface area contributed by atoms with Crippen molar-refractivity contribution in [3.63, 3.8) is 0 Å². The molecule has 0 amide bonds. The lowest BCUT2D eigenvalue weighted by Gasteiger charge is -2.17. The molecule has 26 heavy (non-hydrogen) atoms. The number of fused-ring (bicyclic) bond motifs is 1. The minimum absolute atomic E-state index is 0.0297. The van der Waals surface area contributed by atoms with Crippen molar-refractivity contribution in [2.24, 2.45) is 5.92 Å². The number of carboxylic acids is 2. The molecule has 1 heterocycles. The molecule has 0 radical (unpaired) electrons. The summed E-state index contributed by atoms with van der Waals surface area (Å²) in [6.45, 7) is 5.19. The Labute approximate surface area is 151 Å². The molecule has 7 nitrogen and oxygen atoms in total. The highest BCUT2D eigenvalue weighted by atomic mass is 16.5. The van der Waals surface area contributed by atoms with Gasteiger partial charge in [0.2, 0.25) is 0 Å². The van der Waals surface area contributed by atoms with Crippen molar-refractivity contribution >= 4 is 17.9 Å². The van der Waals surface area contributed by atoms with Crippen molar-refractivity contribution in [3.05, 3.63) is 39.5 Å². The maximum atomic E-state index is 12.0. The van der Waals surface area contributed by atoms with Crippen molar-refractivity contribution < 1.29 is 34.1 Å². The molecule has 0 unspecified atom stereocenters. The van der Waals surface area contributed by atoms with Crippen LogP contribution >= 0.6 is 0 Å². The number of aliphatic carboxylic acids is 1. The number of esters is 1. The molecule has 0 aliphatic carbocycles. The van der Waals surface area contributed by atoms with Gasteiger partial charge in [-0.25, -0.2) is 9.59 Å². The zero-order chi connectivity index (χ0) is 19.6. The summed E-state index contributed by atoms with van der Waals surface area (Å²) in [4.78, 5) is 34.9. The number of carbonyl (C=O) groups is 3. The zero-order valence-corrected chi connectivity index (χ0v) is 15.2. The van der Waals surface area contributed by atoms with Gasteiger partial charge in [-0.2, -0.15) is 0 Å². The van der Waals surface area contributed by atoms with E-state index >= 15 is 0 Å². The second kappa shape index (κ2) is 7.59. The number of methoxy groups -OCH3 is 1. The number of hydrogen-bond donors (Lipinski definition) is 2. The molecule has 2 N–H and O–H groups in total. The Balaban J connectivity index is 2.52. The predicted molar refractivity (Wildman–Crippen MR) is 92.7 cm³/mol. The molecule has 0 aromatic heterocycles. The topological polar surface area (TPSA) is 110 Å². The number of cyclic esters (lactones) is 1. The lowest BCUT2D eigenvalue weighted by molar-refractivity contribution is -0.141. The van der Waals surface area contributed by atoms with Crippen molar-refractivity contribution in [2.75, 3.05) is 7.11 Å². The fourth-order valence-corrected chi connectivity index (χ4v) is 3.22. The SMILES string of the molecule is COc1c(C)c2c(c(C(=O)O)c1CC=C(C)C[C@H](C)C(=O)O)C(=O)OC2. The fourth-order valence-electron chi connectivity index (χ4n) is 3.22. The largest absolute Gasteiger partial charge is 0.496 e. The summed E-state index contributed by atoms with van der Waals surface area (Å²) in [7, 11) is 1.45. The molecule has 0 saturated carbocycles. The minimum Gasteiger partial charge on any atom is -0.496 e. The van der Waals surface area contributed by atoms with Gasteiger partial charge in [0.25, 0.3) is 0 Å². The van der Waals surface area contributed by atoms with E-state index in [0.717, 1.165) is 5.57 Å². The average Bonchev–Trinajstić information content (AvgIpc) is 2.94. The zero-order valence-electron chi connectivity index (χ0n) is 15.2. The lowest BCUT2D eigenvalue weighted by atomic mass is 9.89. The smallest absolute Gasteiger partial charge is 0.339 e.